The van der Waals surface area contributed by atoms with Gasteiger partial charge in [0, 0.05) is 92.8 Å². The first-order valence-electron chi connectivity index (χ1n) is 54.8. The van der Waals surface area contributed by atoms with Crippen molar-refractivity contribution in [1.29, 1.82) is 0 Å². The van der Waals surface area contributed by atoms with Gasteiger partial charge in [-0.15, -0.1) is 11.8 Å². The zero-order valence-corrected chi connectivity index (χ0v) is 104. The van der Waals surface area contributed by atoms with Crippen LogP contribution in [0.5, 0.6) is 0 Å². The molecule has 0 spiro atoms. The fourth-order valence-electron chi connectivity index (χ4n) is 8.71. The molecule has 4 fully saturated rings. The molecule has 1 aliphatic carbocycles. The first-order valence-corrected chi connectivity index (χ1v) is 62.9. The van der Waals surface area contributed by atoms with Gasteiger partial charge in [0.05, 0.1) is 57.1 Å². The highest BCUT2D eigenvalue weighted by atomic mass is 32.2. The van der Waals surface area contributed by atoms with Crippen LogP contribution in [0, 0.1) is 11.8 Å². The van der Waals surface area contributed by atoms with Crippen molar-refractivity contribution in [2.24, 2.45) is 11.8 Å². The molecule has 5 N–H and O–H groups in total. The lowest BCUT2D eigenvalue weighted by molar-refractivity contribution is -0.139. The summed E-state index contributed by atoms with van der Waals surface area (Å²) in [5.41, 5.74) is 0. The van der Waals surface area contributed by atoms with E-state index in [1.807, 2.05) is 0 Å². The molecule has 3 amide bonds. The van der Waals surface area contributed by atoms with Gasteiger partial charge in [0.1, 0.15) is 18.0 Å². The molecule has 3 saturated heterocycles. The van der Waals surface area contributed by atoms with Crippen LogP contribution in [-0.4, -0.2) is 203 Å². The fraction of sp³-hybridized carbons (Fsp3) is 0.927. The van der Waals surface area contributed by atoms with Crippen molar-refractivity contribution in [3.63, 3.8) is 0 Å². The predicted molar refractivity (Wildman–Crippen MR) is 621 cm³/mol. The van der Waals surface area contributed by atoms with Crippen LogP contribution in [0.25, 0.3) is 0 Å². The number of unbranched alkanes of at least 4 members (excludes halogenated alkanes) is 7. The Morgan fingerprint density at radius 2 is 0.676 bits per heavy atom. The molecule has 0 bridgehead atoms. The number of carbonyl (C=O) groups is 4. The van der Waals surface area contributed by atoms with Gasteiger partial charge in [0.25, 0.3) is 0 Å². The Balaban J connectivity index is -0.0000000813. The van der Waals surface area contributed by atoms with E-state index < -0.39 is 54.7 Å². The maximum absolute atomic E-state index is 12.9. The standard InChI is InChI=1S/C27H48N2O10P2S.C22H44O10P2.20C3H8/c1-28-26(31)21-11-9-20(10-12-21)18-29-25(30)17-24(27(29)32)42-16-8-6-5-7-14-37-41(4,34)38-19-23-22(13-15-36-23)39-40(3,33)35-2;1-26-17-18-28-14-10-12-20(23)11-8-6-5-7-9-15-30-34(4,25)32-21-13-16-29-22(21)19-31-33(3,24)27-2;20*1-3-2/h20-24,33-34H,3-19H2,1-2H3,(H,28,31);21-22,24-25H,3-19H2,1-2H3;20*3H2,1-2H3. The van der Waals surface area contributed by atoms with E-state index in [2.05, 4.69) is 307 Å². The summed E-state index contributed by atoms with van der Waals surface area (Å²) in [6.07, 6.45) is 52.2. The lowest BCUT2D eigenvalue weighted by Gasteiger charge is -2.29. The van der Waals surface area contributed by atoms with Gasteiger partial charge in [-0.1, -0.05) is 437 Å². The van der Waals surface area contributed by atoms with Crippen LogP contribution < -0.4 is 5.32 Å². The van der Waals surface area contributed by atoms with E-state index in [1.165, 1.54) is 148 Å². The van der Waals surface area contributed by atoms with Crippen molar-refractivity contribution < 1.29 is 93.9 Å². The van der Waals surface area contributed by atoms with Gasteiger partial charge in [0.2, 0.25) is 48.0 Å². The summed E-state index contributed by atoms with van der Waals surface area (Å²) in [6.45, 7) is 88.8. The number of hydrogen-bond acceptors (Lipinski definition) is 21. The zero-order valence-electron chi connectivity index (χ0n) is 99.7. The number of nitrogens with zero attached hydrogens (tertiary/aromatic N) is 1. The fourth-order valence-corrected chi connectivity index (χ4v) is 13.1. The number of Topliss-reactive ketones (excluding diaryl/α,β-unsaturated/α-hetero) is 1. The summed E-state index contributed by atoms with van der Waals surface area (Å²) in [5.74, 6) is 1.31. The molecule has 9 unspecified atom stereocenters. The summed E-state index contributed by atoms with van der Waals surface area (Å²) in [7, 11) is -6.87. The Bertz CT molecular complexity index is 2200. The molecule has 4 aliphatic rings. The molecule has 22 nitrogen and oxygen atoms in total. The average molecular weight is 2070 g/mol. The van der Waals surface area contributed by atoms with Crippen molar-refractivity contribution in [1.82, 2.24) is 10.2 Å². The van der Waals surface area contributed by atoms with Crippen molar-refractivity contribution in [3.8, 4) is 0 Å². The lowest BCUT2D eigenvalue weighted by Crippen LogP contribution is -2.38. The molecule has 27 heteroatoms. The maximum atomic E-state index is 12.9. The van der Waals surface area contributed by atoms with Crippen LogP contribution in [0.15, 0.2) is 0 Å². The van der Waals surface area contributed by atoms with E-state index in [4.69, 9.17) is 55.1 Å². The minimum atomic E-state index is -3.28. The van der Waals surface area contributed by atoms with E-state index in [1.54, 1.807) is 25.9 Å². The molecular weight excluding hydrogens is 1810 g/mol. The van der Waals surface area contributed by atoms with Crippen molar-refractivity contribution in [3.05, 3.63) is 0 Å². The third-order valence-electron chi connectivity index (χ3n) is 13.2. The molecule has 0 radical (unpaired) electrons. The number of ether oxygens (including phenoxy) is 4. The van der Waals surface area contributed by atoms with E-state index >= 15 is 0 Å². The smallest absolute Gasteiger partial charge is 0.248 e. The summed E-state index contributed by atoms with van der Waals surface area (Å²) >= 11 is 1.55. The third kappa shape index (κ3) is 175. The second-order valence-corrected chi connectivity index (χ2v) is 42.0. The van der Waals surface area contributed by atoms with Crippen LogP contribution >= 0.6 is 42.0 Å². The molecule has 4 rings (SSSR count). The van der Waals surface area contributed by atoms with Crippen LogP contribution in [0.4, 0.5) is 0 Å². The Morgan fingerprint density at radius 3 is 1.01 bits per heavy atom. The topological polar surface area (TPSA) is 275 Å². The Morgan fingerprint density at radius 1 is 0.375 bits per heavy atom. The number of hydrogen-bond donors (Lipinski definition) is 5. The maximum Gasteiger partial charge on any atom is 0.248 e. The van der Waals surface area contributed by atoms with E-state index in [0.29, 0.717) is 78.5 Å². The third-order valence-corrected chi connectivity index (χ3v) is 19.1. The molecular formula is C109H252N2O20P4S. The van der Waals surface area contributed by atoms with Gasteiger partial charge >= 0.3 is 0 Å². The highest BCUT2D eigenvalue weighted by Gasteiger charge is 2.41. The normalized spacial score (nSPS) is 17.2. The first kappa shape index (κ1) is 177. The molecule has 3 heterocycles. The largest absolute Gasteiger partial charge is 0.382 e. The predicted octanol–water partition coefficient (Wildman–Crippen LogP) is 35.1. The number of likely N-dealkylation sites (tertiary alicyclic amines) is 1. The first-order chi connectivity index (χ1) is 64.4. The van der Waals surface area contributed by atoms with Crippen LogP contribution in [-0.2, 0) is 74.3 Å². The van der Waals surface area contributed by atoms with E-state index in [9.17, 15) is 38.8 Å². The Labute approximate surface area is 858 Å². The lowest BCUT2D eigenvalue weighted by atomic mass is 9.81. The quantitative estimate of drug-likeness (QED) is 0.0217. The highest BCUT2D eigenvalue weighted by Crippen LogP contribution is 2.49. The molecule has 1 saturated carbocycles. The molecule has 0 aromatic heterocycles. The van der Waals surface area contributed by atoms with Crippen LogP contribution in [0.1, 0.15) is 527 Å². The molecule has 3 aliphatic heterocycles. The van der Waals surface area contributed by atoms with Gasteiger partial charge in [-0.3, -0.25) is 24.1 Å². The SMILES string of the molecule is C=P(O)(OC)OCC1OCCC1OP(=C)(O)OCCCCCCCC(=O)CCCOCCOC.C=P(O)(OCCCCCCSC1CC(=O)N(CC2CCC(C(=O)NC)CC2)C1=O)OCC1OCCC1OP(=C)(O)OC.CCC.CCC.CCC.CCC.CCC.CCC.CCC.CCC.CCC.CCC.CCC.CCC.CCC.CCC.CCC.CCC.CCC.CCC.CCC.CCC. The number of carbonyl (C=O) groups excluding carboxylic acids is 4. The number of imide groups is 1. The van der Waals surface area contributed by atoms with Gasteiger partial charge < -0.3 is 80.0 Å². The Hall–Kier alpha value is -0.810. The molecule has 0 aromatic rings. The monoisotopic (exact) mass is 2070 g/mol. The molecule has 9 atom stereocenters. The second-order valence-electron chi connectivity index (χ2n) is 33.4. The Kier molecular flexibility index (Phi) is 204. The molecule has 136 heavy (non-hydrogen) atoms. The number of thioether (sulfide) groups is 1. The van der Waals surface area contributed by atoms with Crippen molar-refractivity contribution >= 4 is 90.7 Å². The highest BCUT2D eigenvalue weighted by molar-refractivity contribution is 8.00. The van der Waals surface area contributed by atoms with Crippen LogP contribution in [0.3, 0.4) is 0 Å². The average Bonchev–Trinajstić information content (AvgIpc) is 1.69. The van der Waals surface area contributed by atoms with Crippen molar-refractivity contribution in [2.45, 2.75) is 557 Å². The zero-order chi connectivity index (χ0) is 110. The summed E-state index contributed by atoms with van der Waals surface area (Å²) in [6, 6.07) is 0. The minimum Gasteiger partial charge on any atom is -0.382 e. The second kappa shape index (κ2) is 157. The van der Waals surface area contributed by atoms with Gasteiger partial charge in [0.15, 0.2) is 0 Å². The molecule has 0 aromatic carbocycles. The van der Waals surface area contributed by atoms with Gasteiger partial charge in [-0.25, -0.2) is 0 Å². The number of rotatable bonds is 40. The van der Waals surface area contributed by atoms with E-state index in [0.717, 1.165) is 95.6 Å². The van der Waals surface area contributed by atoms with Gasteiger partial charge in [-0.05, 0) is 94.7 Å². The number of methoxy groups -OCH3 is 1. The minimum absolute atomic E-state index is 0.0119. The number of nitrogens with one attached hydrogen (secondary N) is 1. The summed E-state index contributed by atoms with van der Waals surface area (Å²) in [5, 5.41) is 2.40. The summed E-state index contributed by atoms with van der Waals surface area (Å²) in [4.78, 5) is 91.1. The summed E-state index contributed by atoms with van der Waals surface area (Å²) < 4.78 is 64.1. The number of ketones is 1. The molecule has 844 valence electrons. The van der Waals surface area contributed by atoms with E-state index in [-0.39, 0.29) is 60.2 Å². The van der Waals surface area contributed by atoms with Crippen LogP contribution in [0.2, 0.25) is 0 Å². The number of amides is 3. The van der Waals surface area contributed by atoms with Crippen molar-refractivity contribution in [2.75, 3.05) is 100 Å². The van der Waals surface area contributed by atoms with Gasteiger partial charge in [-0.2, -0.15) is 0 Å².